The quantitative estimate of drug-likeness (QED) is 0.588. The maximum Gasteiger partial charge on any atom is 0.189 e. The fourth-order valence-corrected chi connectivity index (χ4v) is 3.56. The summed E-state index contributed by atoms with van der Waals surface area (Å²) in [5.74, 6) is 0.679. The first kappa shape index (κ1) is 12.1. The fraction of sp³-hybridized carbons (Fsp3) is 0.917. The van der Waals surface area contributed by atoms with E-state index in [2.05, 4.69) is 16.6 Å². The van der Waals surface area contributed by atoms with E-state index >= 15 is 0 Å². The molecule has 0 heterocycles. The molecule has 2 saturated carbocycles. The van der Waals surface area contributed by atoms with E-state index in [9.17, 15) is 0 Å². The Kier molecular flexibility index (Phi) is 4.38. The molecule has 3 N–H and O–H groups in total. The van der Waals surface area contributed by atoms with Gasteiger partial charge in [0.1, 0.15) is 0 Å². The van der Waals surface area contributed by atoms with Crippen molar-refractivity contribution in [2.45, 2.75) is 62.3 Å². The van der Waals surface area contributed by atoms with E-state index in [4.69, 9.17) is 5.73 Å². The van der Waals surface area contributed by atoms with E-state index in [-0.39, 0.29) is 0 Å². The normalized spacial score (nSPS) is 32.2. The monoisotopic (exact) mass is 241 g/mol. The maximum absolute atomic E-state index is 5.95. The first-order valence-electron chi connectivity index (χ1n) is 6.40. The predicted octanol–water partition coefficient (Wildman–Crippen LogP) is 2.12. The SMILES string of the molecule is CSC1CCC(NC(N)=NC2CCCC2)C1. The van der Waals surface area contributed by atoms with Crippen molar-refractivity contribution in [1.82, 2.24) is 5.32 Å². The van der Waals surface area contributed by atoms with Gasteiger partial charge in [0.2, 0.25) is 0 Å². The zero-order chi connectivity index (χ0) is 11.4. The largest absolute Gasteiger partial charge is 0.370 e. The van der Waals surface area contributed by atoms with E-state index in [0.717, 1.165) is 5.25 Å². The molecular weight excluding hydrogens is 218 g/mol. The second-order valence-electron chi connectivity index (χ2n) is 4.96. The molecule has 0 spiro atoms. The molecule has 0 saturated heterocycles. The van der Waals surface area contributed by atoms with Crippen LogP contribution in [-0.2, 0) is 0 Å². The van der Waals surface area contributed by atoms with Crippen LogP contribution in [0.3, 0.4) is 0 Å². The summed E-state index contributed by atoms with van der Waals surface area (Å²) in [5, 5.41) is 4.20. The van der Waals surface area contributed by atoms with Gasteiger partial charge in [0.05, 0.1) is 6.04 Å². The molecule has 0 aromatic heterocycles. The van der Waals surface area contributed by atoms with Crippen molar-refractivity contribution in [2.75, 3.05) is 6.26 Å². The van der Waals surface area contributed by atoms with Gasteiger partial charge in [0, 0.05) is 11.3 Å². The average Bonchev–Trinajstić information content (AvgIpc) is 2.89. The maximum atomic E-state index is 5.95. The van der Waals surface area contributed by atoms with Crippen LogP contribution in [0.15, 0.2) is 4.99 Å². The molecule has 3 nitrogen and oxygen atoms in total. The summed E-state index contributed by atoms with van der Waals surface area (Å²) in [6.07, 6.45) is 11.1. The Labute approximate surface area is 103 Å². The van der Waals surface area contributed by atoms with Gasteiger partial charge in [-0.3, -0.25) is 4.99 Å². The molecule has 2 aliphatic rings. The molecule has 0 aromatic rings. The topological polar surface area (TPSA) is 50.4 Å². The highest BCUT2D eigenvalue weighted by Gasteiger charge is 2.24. The number of thioether (sulfide) groups is 1. The van der Waals surface area contributed by atoms with E-state index in [1.807, 2.05) is 11.8 Å². The zero-order valence-electron chi connectivity index (χ0n) is 10.1. The molecule has 2 aliphatic carbocycles. The summed E-state index contributed by atoms with van der Waals surface area (Å²) in [6.45, 7) is 0. The van der Waals surface area contributed by atoms with Crippen molar-refractivity contribution < 1.29 is 0 Å². The minimum absolute atomic E-state index is 0.491. The number of nitrogens with two attached hydrogens (primary N) is 1. The molecule has 0 aliphatic heterocycles. The van der Waals surface area contributed by atoms with Gasteiger partial charge in [0.15, 0.2) is 5.96 Å². The molecule has 0 radical (unpaired) electrons. The third kappa shape index (κ3) is 3.30. The molecular formula is C12H23N3S. The van der Waals surface area contributed by atoms with Crippen LogP contribution < -0.4 is 11.1 Å². The van der Waals surface area contributed by atoms with Crippen molar-refractivity contribution in [3.63, 3.8) is 0 Å². The van der Waals surface area contributed by atoms with E-state index in [0.29, 0.717) is 18.0 Å². The van der Waals surface area contributed by atoms with Gasteiger partial charge in [-0.2, -0.15) is 11.8 Å². The number of hydrogen-bond donors (Lipinski definition) is 2. The number of aliphatic imine (C=N–C) groups is 1. The second kappa shape index (κ2) is 5.80. The van der Waals surface area contributed by atoms with Gasteiger partial charge >= 0.3 is 0 Å². The van der Waals surface area contributed by atoms with Crippen LogP contribution in [0.5, 0.6) is 0 Å². The van der Waals surface area contributed by atoms with Gasteiger partial charge in [-0.15, -0.1) is 0 Å². The lowest BCUT2D eigenvalue weighted by Gasteiger charge is -2.14. The van der Waals surface area contributed by atoms with Crippen LogP contribution in [0.25, 0.3) is 0 Å². The van der Waals surface area contributed by atoms with Crippen LogP contribution in [0, 0.1) is 0 Å². The fourth-order valence-electron chi connectivity index (χ4n) is 2.76. The van der Waals surface area contributed by atoms with Crippen LogP contribution in [-0.4, -0.2) is 29.5 Å². The Morgan fingerprint density at radius 1 is 1.25 bits per heavy atom. The molecule has 92 valence electrons. The molecule has 0 aromatic carbocycles. The summed E-state index contributed by atoms with van der Waals surface area (Å²) >= 11 is 1.98. The van der Waals surface area contributed by atoms with Crippen molar-refractivity contribution in [1.29, 1.82) is 0 Å². The van der Waals surface area contributed by atoms with E-state index in [1.165, 1.54) is 44.9 Å². The summed E-state index contributed by atoms with van der Waals surface area (Å²) < 4.78 is 0. The lowest BCUT2D eigenvalue weighted by Crippen LogP contribution is -2.39. The number of guanidine groups is 1. The van der Waals surface area contributed by atoms with Gasteiger partial charge in [-0.25, -0.2) is 0 Å². The number of nitrogens with zero attached hydrogens (tertiary/aromatic N) is 1. The smallest absolute Gasteiger partial charge is 0.189 e. The van der Waals surface area contributed by atoms with Gasteiger partial charge in [0.25, 0.3) is 0 Å². The van der Waals surface area contributed by atoms with Crippen LogP contribution in [0.4, 0.5) is 0 Å². The van der Waals surface area contributed by atoms with Gasteiger partial charge in [-0.1, -0.05) is 12.8 Å². The Morgan fingerprint density at radius 3 is 2.62 bits per heavy atom. The second-order valence-corrected chi connectivity index (χ2v) is 6.10. The molecule has 2 unspecified atom stereocenters. The average molecular weight is 241 g/mol. The summed E-state index contributed by atoms with van der Waals surface area (Å²) in [5.41, 5.74) is 5.95. The lowest BCUT2D eigenvalue weighted by atomic mass is 10.2. The van der Waals surface area contributed by atoms with Crippen molar-refractivity contribution >= 4 is 17.7 Å². The summed E-state index contributed by atoms with van der Waals surface area (Å²) in [7, 11) is 0. The van der Waals surface area contributed by atoms with E-state index in [1.54, 1.807) is 0 Å². The number of hydrogen-bond acceptors (Lipinski definition) is 2. The molecule has 4 heteroatoms. The highest BCUT2D eigenvalue weighted by molar-refractivity contribution is 7.99. The lowest BCUT2D eigenvalue weighted by molar-refractivity contribution is 0.617. The van der Waals surface area contributed by atoms with Crippen molar-refractivity contribution in [3.8, 4) is 0 Å². The molecule has 0 bridgehead atoms. The Bertz CT molecular complexity index is 249. The van der Waals surface area contributed by atoms with Gasteiger partial charge < -0.3 is 11.1 Å². The van der Waals surface area contributed by atoms with Gasteiger partial charge in [-0.05, 0) is 38.4 Å². The Balaban J connectivity index is 1.76. The third-order valence-corrected chi connectivity index (χ3v) is 4.81. The zero-order valence-corrected chi connectivity index (χ0v) is 10.9. The summed E-state index contributed by atoms with van der Waals surface area (Å²) in [4.78, 5) is 4.57. The van der Waals surface area contributed by atoms with Crippen molar-refractivity contribution in [2.24, 2.45) is 10.7 Å². The van der Waals surface area contributed by atoms with Crippen LogP contribution >= 0.6 is 11.8 Å². The number of nitrogens with one attached hydrogen (secondary N) is 1. The van der Waals surface area contributed by atoms with Crippen molar-refractivity contribution in [3.05, 3.63) is 0 Å². The van der Waals surface area contributed by atoms with Crippen LogP contribution in [0.2, 0.25) is 0 Å². The third-order valence-electron chi connectivity index (χ3n) is 3.72. The first-order valence-corrected chi connectivity index (χ1v) is 7.69. The summed E-state index contributed by atoms with van der Waals surface area (Å²) in [6, 6.07) is 1.05. The minimum Gasteiger partial charge on any atom is -0.370 e. The minimum atomic E-state index is 0.491. The molecule has 16 heavy (non-hydrogen) atoms. The van der Waals surface area contributed by atoms with E-state index < -0.39 is 0 Å². The standard InChI is InChI=1S/C12H23N3S/c1-16-11-7-6-10(8-11)15-12(13)14-9-4-2-3-5-9/h9-11H,2-8H2,1H3,(H3,13,14,15). The highest BCUT2D eigenvalue weighted by atomic mass is 32.2. The molecule has 2 atom stereocenters. The molecule has 0 amide bonds. The predicted molar refractivity (Wildman–Crippen MR) is 72.0 cm³/mol. The highest BCUT2D eigenvalue weighted by Crippen LogP contribution is 2.28. The molecule has 2 rings (SSSR count). The number of rotatable bonds is 3. The van der Waals surface area contributed by atoms with Crippen LogP contribution in [0.1, 0.15) is 44.9 Å². The Hall–Kier alpha value is -0.380. The molecule has 2 fully saturated rings. The Morgan fingerprint density at radius 2 is 2.00 bits per heavy atom. The first-order chi connectivity index (χ1) is 7.78.